The van der Waals surface area contributed by atoms with Crippen LogP contribution in [0.3, 0.4) is 0 Å². The van der Waals surface area contributed by atoms with Crippen molar-refractivity contribution in [3.05, 3.63) is 82.9 Å². The molecule has 5 rings (SSSR count). The van der Waals surface area contributed by atoms with Gasteiger partial charge in [0.25, 0.3) is 0 Å². The lowest BCUT2D eigenvalue weighted by Gasteiger charge is -2.38. The lowest BCUT2D eigenvalue weighted by atomic mass is 9.94. The van der Waals surface area contributed by atoms with Gasteiger partial charge in [0.1, 0.15) is 12.4 Å². The van der Waals surface area contributed by atoms with Crippen LogP contribution in [0.25, 0.3) is 0 Å². The summed E-state index contributed by atoms with van der Waals surface area (Å²) in [5, 5.41) is 4.55. The summed E-state index contributed by atoms with van der Waals surface area (Å²) in [6.07, 6.45) is 4.46. The third-order valence-electron chi connectivity index (χ3n) is 6.89. The zero-order chi connectivity index (χ0) is 22.8. The van der Waals surface area contributed by atoms with Gasteiger partial charge in [0, 0.05) is 48.1 Å². The summed E-state index contributed by atoms with van der Waals surface area (Å²) in [6.45, 7) is 1.63. The molecule has 5 heteroatoms. The molecule has 0 aromatic heterocycles. The second kappa shape index (κ2) is 9.66. The van der Waals surface area contributed by atoms with Crippen LogP contribution < -0.4 is 19.9 Å². The zero-order valence-electron chi connectivity index (χ0n) is 19.4. The number of hydrogen-bond acceptors (Lipinski definition) is 4. The van der Waals surface area contributed by atoms with E-state index in [-0.39, 0.29) is 0 Å². The van der Waals surface area contributed by atoms with Crippen LogP contribution in [0.4, 0.5) is 17.1 Å². The Kier molecular flexibility index (Phi) is 6.48. The molecule has 1 unspecified atom stereocenters. The highest BCUT2D eigenvalue weighted by Gasteiger charge is 2.34. The van der Waals surface area contributed by atoms with E-state index in [1.807, 2.05) is 6.07 Å². The van der Waals surface area contributed by atoms with E-state index in [1.54, 1.807) is 0 Å². The van der Waals surface area contributed by atoms with Gasteiger partial charge in [-0.2, -0.15) is 0 Å². The van der Waals surface area contributed by atoms with Gasteiger partial charge >= 0.3 is 0 Å². The first-order valence-corrected chi connectivity index (χ1v) is 12.3. The SMILES string of the molecule is CN(C)c1ccc(CC[C@H](C2CCCN2)N2c3cc(Cl)ccc3COc3ccccc32)cc1. The van der Waals surface area contributed by atoms with E-state index in [1.165, 1.54) is 29.7 Å². The second-order valence-electron chi connectivity index (χ2n) is 9.27. The summed E-state index contributed by atoms with van der Waals surface area (Å²) < 4.78 is 6.25. The smallest absolute Gasteiger partial charge is 0.143 e. The van der Waals surface area contributed by atoms with Gasteiger partial charge in [-0.25, -0.2) is 0 Å². The number of para-hydroxylation sites is 2. The molecule has 0 aliphatic carbocycles. The van der Waals surface area contributed by atoms with Crippen molar-refractivity contribution in [2.24, 2.45) is 0 Å². The molecule has 0 amide bonds. The highest BCUT2D eigenvalue weighted by atomic mass is 35.5. The number of nitrogens with one attached hydrogen (secondary N) is 1. The zero-order valence-corrected chi connectivity index (χ0v) is 20.2. The Balaban J connectivity index is 1.52. The lowest BCUT2D eigenvalue weighted by molar-refractivity contribution is 0.310. The number of nitrogens with zero attached hydrogens (tertiary/aromatic N) is 2. The van der Waals surface area contributed by atoms with Crippen molar-refractivity contribution in [1.82, 2.24) is 5.32 Å². The van der Waals surface area contributed by atoms with Gasteiger partial charge in [0.15, 0.2) is 0 Å². The van der Waals surface area contributed by atoms with Gasteiger partial charge in [-0.15, -0.1) is 0 Å². The Morgan fingerprint density at radius 1 is 1.06 bits per heavy atom. The fraction of sp³-hybridized carbons (Fsp3) is 0.357. The fourth-order valence-electron chi connectivity index (χ4n) is 5.13. The standard InChI is InChI=1S/C28H32ClN3O/c1-31(2)23-14-9-20(10-15-23)11-16-25(24-6-5-17-30-24)32-26-7-3-4-8-28(26)33-19-21-12-13-22(29)18-27(21)32/h3-4,7-10,12-15,18,24-25,30H,5-6,11,16-17,19H2,1-2H3/t24?,25-/m1/s1. The quantitative estimate of drug-likeness (QED) is 0.473. The van der Waals surface area contributed by atoms with Gasteiger partial charge in [-0.3, -0.25) is 0 Å². The number of fused-ring (bicyclic) bond motifs is 2. The van der Waals surface area contributed by atoms with E-state index in [4.69, 9.17) is 16.3 Å². The maximum absolute atomic E-state index is 6.51. The maximum Gasteiger partial charge on any atom is 0.143 e. The first kappa shape index (κ1) is 22.1. The highest BCUT2D eigenvalue weighted by molar-refractivity contribution is 6.30. The summed E-state index contributed by atoms with van der Waals surface area (Å²) in [5.41, 5.74) is 6.06. The molecule has 2 heterocycles. The monoisotopic (exact) mass is 461 g/mol. The first-order chi connectivity index (χ1) is 16.1. The van der Waals surface area contributed by atoms with Crippen molar-refractivity contribution < 1.29 is 4.74 Å². The lowest BCUT2D eigenvalue weighted by Crippen LogP contribution is -2.46. The van der Waals surface area contributed by atoms with Crippen molar-refractivity contribution in [2.45, 2.75) is 44.4 Å². The number of anilines is 3. The van der Waals surface area contributed by atoms with Crippen molar-refractivity contribution in [3.63, 3.8) is 0 Å². The van der Waals surface area contributed by atoms with E-state index in [0.717, 1.165) is 41.5 Å². The third kappa shape index (κ3) is 4.68. The Labute approximate surface area is 202 Å². The number of hydrogen-bond donors (Lipinski definition) is 1. The van der Waals surface area contributed by atoms with Crippen LogP contribution in [-0.2, 0) is 13.0 Å². The molecule has 2 aliphatic rings. The summed E-state index contributed by atoms with van der Waals surface area (Å²) in [6, 6.07) is 24.2. The Hall–Kier alpha value is -2.69. The number of ether oxygens (including phenoxy) is 1. The minimum atomic E-state index is 0.293. The molecule has 0 saturated carbocycles. The third-order valence-corrected chi connectivity index (χ3v) is 7.13. The molecule has 3 aromatic rings. The van der Waals surface area contributed by atoms with Gasteiger partial charge in [0.05, 0.1) is 5.69 Å². The Morgan fingerprint density at radius 3 is 2.64 bits per heavy atom. The van der Waals surface area contributed by atoms with Crippen LogP contribution in [0.15, 0.2) is 66.7 Å². The molecule has 0 bridgehead atoms. The largest absolute Gasteiger partial charge is 0.487 e. The molecule has 33 heavy (non-hydrogen) atoms. The molecule has 0 radical (unpaired) electrons. The highest BCUT2D eigenvalue weighted by Crippen LogP contribution is 2.43. The van der Waals surface area contributed by atoms with Crippen LogP contribution >= 0.6 is 11.6 Å². The summed E-state index contributed by atoms with van der Waals surface area (Å²) >= 11 is 6.51. The van der Waals surface area contributed by atoms with Crippen molar-refractivity contribution in [3.8, 4) is 5.75 Å². The molecule has 4 nitrogen and oxygen atoms in total. The van der Waals surface area contributed by atoms with Gasteiger partial charge < -0.3 is 19.9 Å². The number of halogens is 1. The Morgan fingerprint density at radius 2 is 1.88 bits per heavy atom. The van der Waals surface area contributed by atoms with Gasteiger partial charge in [-0.05, 0) is 74.2 Å². The van der Waals surface area contributed by atoms with E-state index in [0.29, 0.717) is 18.7 Å². The van der Waals surface area contributed by atoms with Crippen LogP contribution in [-0.4, -0.2) is 32.7 Å². The molecular weight excluding hydrogens is 430 g/mol. The number of aryl methyl sites for hydroxylation is 1. The van der Waals surface area contributed by atoms with Crippen LogP contribution in [0.2, 0.25) is 5.02 Å². The molecule has 2 aliphatic heterocycles. The number of benzene rings is 3. The predicted octanol–water partition coefficient (Wildman–Crippen LogP) is 6.19. The van der Waals surface area contributed by atoms with Crippen LogP contribution in [0.5, 0.6) is 5.75 Å². The minimum absolute atomic E-state index is 0.293. The average Bonchev–Trinajstić information content (AvgIpc) is 3.31. The molecular formula is C28H32ClN3O. The minimum Gasteiger partial charge on any atom is -0.487 e. The predicted molar refractivity (Wildman–Crippen MR) is 138 cm³/mol. The fourth-order valence-corrected chi connectivity index (χ4v) is 5.30. The normalized spacial score (nSPS) is 18.2. The van der Waals surface area contributed by atoms with Crippen molar-refractivity contribution >= 4 is 28.7 Å². The number of rotatable bonds is 6. The van der Waals surface area contributed by atoms with E-state index in [9.17, 15) is 0 Å². The molecule has 172 valence electrons. The van der Waals surface area contributed by atoms with Crippen LogP contribution in [0.1, 0.15) is 30.4 Å². The Bertz CT molecular complexity index is 1090. The van der Waals surface area contributed by atoms with Crippen LogP contribution in [0, 0.1) is 0 Å². The molecule has 1 N–H and O–H groups in total. The average molecular weight is 462 g/mol. The van der Waals surface area contributed by atoms with E-state index >= 15 is 0 Å². The topological polar surface area (TPSA) is 27.7 Å². The molecule has 2 atom stereocenters. The molecule has 1 saturated heterocycles. The maximum atomic E-state index is 6.51. The van der Waals surface area contributed by atoms with Gasteiger partial charge in [0.2, 0.25) is 0 Å². The second-order valence-corrected chi connectivity index (χ2v) is 9.71. The van der Waals surface area contributed by atoms with E-state index < -0.39 is 0 Å². The van der Waals surface area contributed by atoms with Crippen molar-refractivity contribution in [1.29, 1.82) is 0 Å². The molecule has 3 aromatic carbocycles. The van der Waals surface area contributed by atoms with E-state index in [2.05, 4.69) is 89.9 Å². The van der Waals surface area contributed by atoms with Gasteiger partial charge in [-0.1, -0.05) is 41.9 Å². The molecule has 0 spiro atoms. The summed E-state index contributed by atoms with van der Waals surface area (Å²) in [4.78, 5) is 4.64. The summed E-state index contributed by atoms with van der Waals surface area (Å²) in [7, 11) is 4.16. The summed E-state index contributed by atoms with van der Waals surface area (Å²) in [5.74, 6) is 0.933. The molecule has 1 fully saturated rings. The first-order valence-electron chi connectivity index (χ1n) is 11.9. The van der Waals surface area contributed by atoms with Crippen molar-refractivity contribution in [2.75, 3.05) is 30.4 Å².